The average molecular weight is 1220 g/mol. The first kappa shape index (κ1) is 78.7. The van der Waals surface area contributed by atoms with Gasteiger partial charge in [-0.15, -0.1) is 0 Å². The molecule has 0 aromatic rings. The van der Waals surface area contributed by atoms with Crippen LogP contribution < -0.4 is 47.9 Å². The molecule has 21 heteroatoms. The molecule has 21 nitrogen and oxygen atoms in total. The topological polar surface area (TPSA) is 285 Å². The number of likely N-dealkylation sites (tertiary alicyclic amines) is 1. The van der Waals surface area contributed by atoms with Crippen LogP contribution in [-0.2, 0) is 47.9 Å². The summed E-state index contributed by atoms with van der Waals surface area (Å²) in [5.41, 5.74) is -4.65. The third-order valence-corrected chi connectivity index (χ3v) is 15.5. The molecule has 0 unspecified atom stereocenters. The Balaban J connectivity index is 3.22. The van der Waals surface area contributed by atoms with E-state index in [1.807, 2.05) is 67.5 Å². The van der Waals surface area contributed by atoms with Crippen LogP contribution in [0.5, 0.6) is 0 Å². The zero-order valence-corrected chi connectivity index (χ0v) is 56.6. The molecular formula is C65H121N11O10. The number of carbonyl (C=O) groups excluding carboxylic acids is 10. The summed E-state index contributed by atoms with van der Waals surface area (Å²) >= 11 is 0. The number of amides is 10. The van der Waals surface area contributed by atoms with E-state index >= 15 is 0 Å². The average Bonchev–Trinajstić information content (AvgIpc) is 1.85. The second-order valence-electron chi connectivity index (χ2n) is 27.5. The van der Waals surface area contributed by atoms with Crippen molar-refractivity contribution in [1.29, 1.82) is 0 Å². The monoisotopic (exact) mass is 1220 g/mol. The Bertz CT molecular complexity index is 2130. The summed E-state index contributed by atoms with van der Waals surface area (Å²) in [6.45, 7) is 27.6. The van der Waals surface area contributed by atoms with Gasteiger partial charge in [0.15, 0.2) is 0 Å². The second kappa shape index (κ2) is 40.3. The molecule has 1 saturated heterocycles. The summed E-state index contributed by atoms with van der Waals surface area (Å²) < 4.78 is 0. The first-order valence-corrected chi connectivity index (χ1v) is 32.9. The second-order valence-corrected chi connectivity index (χ2v) is 27.5. The zero-order chi connectivity index (χ0) is 65.4. The first-order valence-electron chi connectivity index (χ1n) is 32.9. The summed E-state index contributed by atoms with van der Waals surface area (Å²) in [6, 6.07) is -5.18. The van der Waals surface area contributed by atoms with Crippen LogP contribution in [0, 0.1) is 17.8 Å². The number of nitrogens with one attached hydrogen (secondary N) is 9. The molecule has 1 fully saturated rings. The van der Waals surface area contributed by atoms with Crippen molar-refractivity contribution in [3.05, 3.63) is 0 Å². The van der Waals surface area contributed by atoms with E-state index in [0.29, 0.717) is 45.2 Å². The molecule has 0 aliphatic carbocycles. The Hall–Kier alpha value is -5.34. The lowest BCUT2D eigenvalue weighted by molar-refractivity contribution is -0.140. The molecule has 9 N–H and O–H groups in total. The minimum atomic E-state index is -1.62. The van der Waals surface area contributed by atoms with Gasteiger partial charge in [0, 0.05) is 38.5 Å². The van der Waals surface area contributed by atoms with Gasteiger partial charge in [0.05, 0.1) is 0 Å². The van der Waals surface area contributed by atoms with Gasteiger partial charge in [0.2, 0.25) is 59.1 Å². The van der Waals surface area contributed by atoms with Crippen molar-refractivity contribution < 1.29 is 47.9 Å². The molecule has 0 spiro atoms. The highest BCUT2D eigenvalue weighted by molar-refractivity contribution is 6.00. The predicted octanol–water partition coefficient (Wildman–Crippen LogP) is 6.98. The third kappa shape index (κ3) is 31.5. The predicted molar refractivity (Wildman–Crippen MR) is 341 cm³/mol. The van der Waals surface area contributed by atoms with E-state index < -0.39 is 88.2 Å². The Morgan fingerprint density at radius 1 is 0.477 bits per heavy atom. The van der Waals surface area contributed by atoms with E-state index in [4.69, 9.17) is 0 Å². The van der Waals surface area contributed by atoms with Gasteiger partial charge in [-0.2, -0.15) is 0 Å². The van der Waals surface area contributed by atoms with Gasteiger partial charge in [-0.1, -0.05) is 145 Å². The van der Waals surface area contributed by atoms with Gasteiger partial charge < -0.3 is 57.7 Å². The summed E-state index contributed by atoms with van der Waals surface area (Å²) in [5.74, 6) is -5.40. The van der Waals surface area contributed by atoms with Crippen molar-refractivity contribution in [2.24, 2.45) is 17.8 Å². The maximum Gasteiger partial charge on any atom is 0.246 e. The summed E-state index contributed by atoms with van der Waals surface area (Å²) in [5, 5.41) is 25.3. The van der Waals surface area contributed by atoms with Crippen LogP contribution >= 0.6 is 0 Å². The lowest BCUT2D eigenvalue weighted by Gasteiger charge is -2.34. The highest BCUT2D eigenvalue weighted by Crippen LogP contribution is 2.22. The fraction of sp³-hybridized carbons (Fsp3) is 0.846. The van der Waals surface area contributed by atoms with Crippen LogP contribution in [0.3, 0.4) is 0 Å². The lowest BCUT2D eigenvalue weighted by atomic mass is 9.96. The number of carbonyl (C=O) groups is 10. The smallest absolute Gasteiger partial charge is 0.246 e. The van der Waals surface area contributed by atoms with E-state index in [9.17, 15) is 47.9 Å². The van der Waals surface area contributed by atoms with Crippen LogP contribution in [0.25, 0.3) is 0 Å². The third-order valence-electron chi connectivity index (χ3n) is 15.5. The largest absolute Gasteiger partial charge is 0.354 e. The van der Waals surface area contributed by atoms with Gasteiger partial charge in [0.25, 0.3) is 0 Å². The molecule has 0 saturated carbocycles. The SMILES string of the molecule is CCCCCCCCCCCC(=O)N1CCC[C@H]1C(=O)N[C@@H](CCCCCCCC)C(=O)N[C@@H](CC(C)C)C(=O)NC(C)(C)C(=O)N[C@@H](CC(C)C)C(=O)N[C@@H](CC(C)C)C(=O)NC(C)(C)C(=O)NC(C)(C)C(=O)NCCC(=O)N[C@@H](C)CN(C)C. The fourth-order valence-electron chi connectivity index (χ4n) is 10.6. The molecule has 1 heterocycles. The van der Waals surface area contributed by atoms with Crippen molar-refractivity contribution in [3.8, 4) is 0 Å². The zero-order valence-electron chi connectivity index (χ0n) is 56.6. The number of hydrogen-bond acceptors (Lipinski definition) is 11. The van der Waals surface area contributed by atoms with Crippen LogP contribution in [-0.4, -0.2) is 155 Å². The van der Waals surface area contributed by atoms with Crippen LogP contribution in [0.4, 0.5) is 0 Å². The van der Waals surface area contributed by atoms with Crippen LogP contribution in [0.1, 0.15) is 252 Å². The number of nitrogens with zero attached hydrogens (tertiary/aromatic N) is 2. The number of likely N-dealkylation sites (N-methyl/N-ethyl adjacent to an activating group) is 1. The Kier molecular flexibility index (Phi) is 36.8. The standard InChI is InChI=1S/C65H121N11O10/c1-18-20-22-24-26-27-28-30-32-36-54(78)76-39-33-35-52(76)59(83)68-48(34-31-29-25-23-21-19-2)55(79)69-50(41-45(5)6)57(81)72-64(12,13)61(85)71-49(40-44(3)4)56(80)70-51(42-46(7)8)58(82)73-65(14,15)62(86)74-63(10,11)60(84)66-38-37-53(77)67-47(9)43-75(16)17/h44-52H,18-43H2,1-17H3,(H,66,84)(H,67,77)(H,68,83)(H,69,79)(H,70,80)(H,71,85)(H,72,81)(H,73,82)(H,74,86)/t47-,48-,49-,50-,51-,52-/m0/s1. The summed E-state index contributed by atoms with van der Waals surface area (Å²) in [7, 11) is 3.80. The first-order chi connectivity index (χ1) is 40.2. The normalized spacial score (nSPS) is 15.5. The Morgan fingerprint density at radius 2 is 0.907 bits per heavy atom. The van der Waals surface area contributed by atoms with Crippen molar-refractivity contribution >= 4 is 59.1 Å². The molecule has 496 valence electrons. The molecule has 0 radical (unpaired) electrons. The molecule has 10 amide bonds. The Labute approximate surface area is 518 Å². The maximum atomic E-state index is 14.4. The highest BCUT2D eigenvalue weighted by atomic mass is 16.2. The van der Waals surface area contributed by atoms with Crippen molar-refractivity contribution in [3.63, 3.8) is 0 Å². The van der Waals surface area contributed by atoms with Crippen molar-refractivity contribution in [1.82, 2.24) is 57.7 Å². The van der Waals surface area contributed by atoms with E-state index in [-0.39, 0.29) is 73.7 Å². The lowest BCUT2D eigenvalue weighted by Crippen LogP contribution is -2.65. The van der Waals surface area contributed by atoms with Crippen molar-refractivity contribution in [2.45, 2.75) is 304 Å². The molecule has 0 bridgehead atoms. The van der Waals surface area contributed by atoms with Crippen molar-refractivity contribution in [2.75, 3.05) is 33.7 Å². The molecule has 1 aliphatic heterocycles. The maximum absolute atomic E-state index is 14.4. The molecule has 0 aromatic heterocycles. The van der Waals surface area contributed by atoms with E-state index in [1.165, 1.54) is 73.6 Å². The fourth-order valence-corrected chi connectivity index (χ4v) is 10.6. The van der Waals surface area contributed by atoms with E-state index in [2.05, 4.69) is 61.7 Å². The van der Waals surface area contributed by atoms with Gasteiger partial charge in [-0.05, 0) is 125 Å². The van der Waals surface area contributed by atoms with Gasteiger partial charge in [0.1, 0.15) is 46.8 Å². The van der Waals surface area contributed by atoms with Crippen LogP contribution in [0.2, 0.25) is 0 Å². The summed E-state index contributed by atoms with van der Waals surface area (Å²) in [4.78, 5) is 142. The number of unbranched alkanes of at least 4 members (excludes halogenated alkanes) is 13. The van der Waals surface area contributed by atoms with Gasteiger partial charge in [-0.25, -0.2) is 0 Å². The molecule has 6 atom stereocenters. The van der Waals surface area contributed by atoms with Crippen LogP contribution in [0.15, 0.2) is 0 Å². The number of hydrogen-bond donors (Lipinski definition) is 9. The van der Waals surface area contributed by atoms with E-state index in [1.54, 1.807) is 4.90 Å². The molecule has 0 aromatic carbocycles. The number of rotatable bonds is 44. The van der Waals surface area contributed by atoms with E-state index in [0.717, 1.165) is 57.8 Å². The summed E-state index contributed by atoms with van der Waals surface area (Å²) in [6.07, 6.45) is 18.4. The minimum absolute atomic E-state index is 0.0316. The molecule has 1 aliphatic rings. The molecular weight excluding hydrogens is 1090 g/mol. The minimum Gasteiger partial charge on any atom is -0.354 e. The molecule has 86 heavy (non-hydrogen) atoms. The van der Waals surface area contributed by atoms with Gasteiger partial charge in [-0.3, -0.25) is 47.9 Å². The quantitative estimate of drug-likeness (QED) is 0.0281. The molecule has 1 rings (SSSR count). The Morgan fingerprint density at radius 3 is 1.38 bits per heavy atom. The highest BCUT2D eigenvalue weighted by Gasteiger charge is 2.41. The van der Waals surface area contributed by atoms with Gasteiger partial charge >= 0.3 is 0 Å².